The lowest BCUT2D eigenvalue weighted by atomic mass is 9.95. The standard InChI is InChI=1S/C27H23ClN2O6/c1-3-36-27(34)18-6-4-16(5-7-18)15-30-23(17-10-12-29-13-11-17)22(25(32)26(30)33)24(31)19-8-9-20(28)21(14-19)35-2/h4-14,23,31H,3,15H2,1-2H3/b24-22-. The molecule has 1 saturated heterocycles. The number of aliphatic hydroxyl groups excluding tert-OH is 1. The molecule has 0 saturated carbocycles. The van der Waals surface area contributed by atoms with Gasteiger partial charge in [0, 0.05) is 24.5 Å². The number of hydrogen-bond donors (Lipinski definition) is 1. The average molecular weight is 507 g/mol. The Kier molecular flexibility index (Phi) is 7.36. The molecule has 1 fully saturated rings. The molecular formula is C27H23ClN2O6. The quantitative estimate of drug-likeness (QED) is 0.217. The maximum Gasteiger partial charge on any atom is 0.338 e. The highest BCUT2D eigenvalue weighted by atomic mass is 35.5. The third kappa shape index (κ3) is 4.81. The van der Waals surface area contributed by atoms with Crippen molar-refractivity contribution in [1.29, 1.82) is 0 Å². The number of pyridine rings is 1. The van der Waals surface area contributed by atoms with E-state index < -0.39 is 23.7 Å². The number of carbonyl (C=O) groups is 3. The van der Waals surface area contributed by atoms with E-state index in [1.807, 2.05) is 0 Å². The Morgan fingerprint density at radius 3 is 2.36 bits per heavy atom. The number of carbonyl (C=O) groups excluding carboxylic acids is 3. The first kappa shape index (κ1) is 24.9. The fourth-order valence-electron chi connectivity index (χ4n) is 4.06. The van der Waals surface area contributed by atoms with Crippen molar-refractivity contribution in [3.63, 3.8) is 0 Å². The molecule has 0 spiro atoms. The molecule has 8 nitrogen and oxygen atoms in total. The molecule has 1 unspecified atom stereocenters. The molecule has 184 valence electrons. The van der Waals surface area contributed by atoms with Crippen molar-refractivity contribution in [2.24, 2.45) is 0 Å². The summed E-state index contributed by atoms with van der Waals surface area (Å²) in [5.74, 6) is -2.04. The number of amides is 1. The third-order valence-corrected chi connectivity index (χ3v) is 6.12. The van der Waals surface area contributed by atoms with Gasteiger partial charge in [0.2, 0.25) is 0 Å². The Labute approximate surface area is 212 Å². The first-order valence-corrected chi connectivity index (χ1v) is 11.5. The van der Waals surface area contributed by atoms with E-state index in [2.05, 4.69) is 4.98 Å². The van der Waals surface area contributed by atoms with Crippen LogP contribution in [0.15, 0.2) is 72.6 Å². The number of methoxy groups -OCH3 is 1. The van der Waals surface area contributed by atoms with Gasteiger partial charge in [-0.1, -0.05) is 23.7 Å². The van der Waals surface area contributed by atoms with Crippen LogP contribution in [0.25, 0.3) is 5.76 Å². The van der Waals surface area contributed by atoms with Crippen LogP contribution < -0.4 is 4.74 Å². The Morgan fingerprint density at radius 2 is 1.72 bits per heavy atom. The number of likely N-dealkylation sites (tertiary alicyclic amines) is 1. The highest BCUT2D eigenvalue weighted by molar-refractivity contribution is 6.46. The van der Waals surface area contributed by atoms with Gasteiger partial charge in [0.15, 0.2) is 0 Å². The van der Waals surface area contributed by atoms with E-state index in [-0.39, 0.29) is 30.0 Å². The fraction of sp³-hybridized carbons (Fsp3) is 0.185. The summed E-state index contributed by atoms with van der Waals surface area (Å²) in [7, 11) is 1.44. The van der Waals surface area contributed by atoms with Crippen LogP contribution in [0.1, 0.15) is 40.0 Å². The number of aliphatic hydroxyl groups is 1. The smallest absolute Gasteiger partial charge is 0.338 e. The molecule has 1 aromatic heterocycles. The van der Waals surface area contributed by atoms with Gasteiger partial charge >= 0.3 is 5.97 Å². The third-order valence-electron chi connectivity index (χ3n) is 5.80. The lowest BCUT2D eigenvalue weighted by Gasteiger charge is -2.25. The summed E-state index contributed by atoms with van der Waals surface area (Å²) in [6.45, 7) is 2.06. The van der Waals surface area contributed by atoms with E-state index in [4.69, 9.17) is 21.1 Å². The predicted octanol–water partition coefficient (Wildman–Crippen LogP) is 4.54. The molecule has 4 rings (SSSR count). The second-order valence-corrected chi connectivity index (χ2v) is 8.38. The molecule has 2 aromatic carbocycles. The summed E-state index contributed by atoms with van der Waals surface area (Å²) in [4.78, 5) is 43.7. The Morgan fingerprint density at radius 1 is 1.06 bits per heavy atom. The van der Waals surface area contributed by atoms with E-state index in [0.29, 0.717) is 27.5 Å². The number of nitrogens with zero attached hydrogens (tertiary/aromatic N) is 2. The second kappa shape index (κ2) is 10.6. The van der Waals surface area contributed by atoms with Crippen LogP contribution in [-0.4, -0.2) is 46.4 Å². The number of ketones is 1. The monoisotopic (exact) mass is 506 g/mol. The molecule has 1 amide bonds. The van der Waals surface area contributed by atoms with E-state index in [1.165, 1.54) is 24.1 Å². The normalized spacial score (nSPS) is 16.8. The molecule has 36 heavy (non-hydrogen) atoms. The molecule has 0 aliphatic carbocycles. The highest BCUT2D eigenvalue weighted by Gasteiger charge is 2.46. The van der Waals surface area contributed by atoms with Crippen LogP contribution in [0.5, 0.6) is 5.75 Å². The molecular weight excluding hydrogens is 484 g/mol. The van der Waals surface area contributed by atoms with Crippen molar-refractivity contribution < 1.29 is 29.0 Å². The molecule has 9 heteroatoms. The van der Waals surface area contributed by atoms with Crippen molar-refractivity contribution in [2.75, 3.05) is 13.7 Å². The fourth-order valence-corrected chi connectivity index (χ4v) is 4.25. The second-order valence-electron chi connectivity index (χ2n) is 7.97. The van der Waals surface area contributed by atoms with Gasteiger partial charge in [-0.15, -0.1) is 0 Å². The number of halogens is 1. The summed E-state index contributed by atoms with van der Waals surface area (Å²) in [5, 5.41) is 11.5. The van der Waals surface area contributed by atoms with Crippen LogP contribution in [-0.2, 0) is 20.9 Å². The van der Waals surface area contributed by atoms with Crippen LogP contribution in [0.2, 0.25) is 5.02 Å². The van der Waals surface area contributed by atoms with Gasteiger partial charge in [0.05, 0.1) is 35.9 Å². The summed E-state index contributed by atoms with van der Waals surface area (Å²) in [5.41, 5.74) is 1.91. The maximum absolute atomic E-state index is 13.2. The van der Waals surface area contributed by atoms with Crippen molar-refractivity contribution in [3.8, 4) is 5.75 Å². The van der Waals surface area contributed by atoms with E-state index in [0.717, 1.165) is 0 Å². The van der Waals surface area contributed by atoms with E-state index in [9.17, 15) is 19.5 Å². The van der Waals surface area contributed by atoms with Crippen LogP contribution in [0.3, 0.4) is 0 Å². The predicted molar refractivity (Wildman–Crippen MR) is 132 cm³/mol. The molecule has 1 atom stereocenters. The van der Waals surface area contributed by atoms with Crippen LogP contribution in [0.4, 0.5) is 0 Å². The van der Waals surface area contributed by atoms with Crippen molar-refractivity contribution in [1.82, 2.24) is 9.88 Å². The van der Waals surface area contributed by atoms with Gasteiger partial charge in [-0.2, -0.15) is 0 Å². The number of benzene rings is 2. The van der Waals surface area contributed by atoms with Gasteiger partial charge in [-0.05, 0) is 60.5 Å². The number of aromatic nitrogens is 1. The van der Waals surface area contributed by atoms with Crippen molar-refractivity contribution >= 4 is 35.0 Å². The number of Topliss-reactive ketones (excluding diaryl/α,β-unsaturated/α-hetero) is 1. The number of rotatable bonds is 7. The number of hydrogen-bond acceptors (Lipinski definition) is 7. The minimum absolute atomic E-state index is 0.0567. The number of esters is 1. The molecule has 1 aliphatic rings. The zero-order valence-corrected chi connectivity index (χ0v) is 20.4. The van der Waals surface area contributed by atoms with Crippen LogP contribution >= 0.6 is 11.6 Å². The molecule has 2 heterocycles. The van der Waals surface area contributed by atoms with Crippen molar-refractivity contribution in [3.05, 3.63) is 99.8 Å². The topological polar surface area (TPSA) is 106 Å². The maximum atomic E-state index is 13.2. The summed E-state index contributed by atoms with van der Waals surface area (Å²) in [6.07, 6.45) is 3.10. The Bertz CT molecular complexity index is 1340. The van der Waals surface area contributed by atoms with E-state index in [1.54, 1.807) is 61.8 Å². The van der Waals surface area contributed by atoms with Crippen LogP contribution in [0, 0.1) is 0 Å². The molecule has 0 bridgehead atoms. The zero-order valence-electron chi connectivity index (χ0n) is 19.6. The van der Waals surface area contributed by atoms with Gasteiger partial charge in [0.1, 0.15) is 11.5 Å². The first-order chi connectivity index (χ1) is 17.3. The number of ether oxygens (including phenoxy) is 2. The van der Waals surface area contributed by atoms with Gasteiger partial charge in [-0.3, -0.25) is 14.6 Å². The van der Waals surface area contributed by atoms with Crippen molar-refractivity contribution in [2.45, 2.75) is 19.5 Å². The minimum Gasteiger partial charge on any atom is -0.507 e. The molecule has 0 radical (unpaired) electrons. The SMILES string of the molecule is CCOC(=O)c1ccc(CN2C(=O)C(=O)/C(=C(\O)c3ccc(Cl)c(OC)c3)C2c2ccncc2)cc1. The largest absolute Gasteiger partial charge is 0.507 e. The lowest BCUT2D eigenvalue weighted by molar-refractivity contribution is -0.140. The summed E-state index contributed by atoms with van der Waals surface area (Å²) < 4.78 is 10.2. The molecule has 1 N–H and O–H groups in total. The van der Waals surface area contributed by atoms with Gasteiger partial charge in [0.25, 0.3) is 11.7 Å². The van der Waals surface area contributed by atoms with Gasteiger partial charge in [-0.25, -0.2) is 4.79 Å². The molecule has 1 aliphatic heterocycles. The minimum atomic E-state index is -0.862. The summed E-state index contributed by atoms with van der Waals surface area (Å²) in [6, 6.07) is 13.7. The first-order valence-electron chi connectivity index (χ1n) is 11.1. The Hall–Kier alpha value is -4.17. The van der Waals surface area contributed by atoms with Gasteiger partial charge < -0.3 is 19.5 Å². The Balaban J connectivity index is 1.76. The highest BCUT2D eigenvalue weighted by Crippen LogP contribution is 2.41. The lowest BCUT2D eigenvalue weighted by Crippen LogP contribution is -2.29. The van der Waals surface area contributed by atoms with E-state index >= 15 is 0 Å². The molecule has 3 aromatic rings. The zero-order chi connectivity index (χ0) is 25.8. The summed E-state index contributed by atoms with van der Waals surface area (Å²) >= 11 is 6.11. The average Bonchev–Trinajstić information content (AvgIpc) is 3.14.